The van der Waals surface area contributed by atoms with Crippen LogP contribution < -0.4 is 5.32 Å². The minimum absolute atomic E-state index is 0.0190. The lowest BCUT2D eigenvalue weighted by Crippen LogP contribution is -2.49. The van der Waals surface area contributed by atoms with Crippen molar-refractivity contribution in [3.05, 3.63) is 42.0 Å². The van der Waals surface area contributed by atoms with Gasteiger partial charge in [-0.2, -0.15) is 0 Å². The highest BCUT2D eigenvalue weighted by Crippen LogP contribution is 2.40. The van der Waals surface area contributed by atoms with E-state index >= 15 is 0 Å². The third-order valence-corrected chi connectivity index (χ3v) is 5.10. The molecular formula is C22H31N3O2. The number of amides is 2. The molecule has 27 heavy (non-hydrogen) atoms. The zero-order valence-electron chi connectivity index (χ0n) is 16.6. The van der Waals surface area contributed by atoms with E-state index in [-0.39, 0.29) is 29.2 Å². The summed E-state index contributed by atoms with van der Waals surface area (Å²) in [4.78, 5) is 29.2. The number of nitrogens with zero attached hydrogens (tertiary/aromatic N) is 2. The van der Waals surface area contributed by atoms with E-state index in [0.29, 0.717) is 6.42 Å². The highest BCUT2D eigenvalue weighted by molar-refractivity contribution is 5.92. The average Bonchev–Trinajstić information content (AvgIpc) is 3.42. The molecule has 0 aromatic heterocycles. The lowest BCUT2D eigenvalue weighted by atomic mass is 10.1. The molecule has 0 bridgehead atoms. The van der Waals surface area contributed by atoms with Gasteiger partial charge >= 0.3 is 0 Å². The van der Waals surface area contributed by atoms with E-state index in [1.807, 2.05) is 43.9 Å². The Balaban J connectivity index is 1.40. The van der Waals surface area contributed by atoms with Crippen LogP contribution in [0.2, 0.25) is 0 Å². The van der Waals surface area contributed by atoms with Gasteiger partial charge in [0.15, 0.2) is 0 Å². The van der Waals surface area contributed by atoms with Crippen molar-refractivity contribution in [3.63, 3.8) is 0 Å². The van der Waals surface area contributed by atoms with Crippen molar-refractivity contribution in [1.82, 2.24) is 15.1 Å². The number of nitrogens with one attached hydrogen (secondary N) is 1. The van der Waals surface area contributed by atoms with Crippen LogP contribution in [-0.4, -0.2) is 59.9 Å². The van der Waals surface area contributed by atoms with Crippen LogP contribution in [-0.2, 0) is 9.59 Å². The fourth-order valence-electron chi connectivity index (χ4n) is 3.51. The molecule has 1 aliphatic heterocycles. The summed E-state index contributed by atoms with van der Waals surface area (Å²) >= 11 is 0. The molecule has 1 saturated heterocycles. The standard InChI is InChI=1S/C22H31N3O2/c1-22(2,3)23-20(26)18-16-19(18)21(27)25-14-12-24(13-15-25)11-7-10-17-8-5-4-6-9-17/h4-10,18-19H,11-16H2,1-3H3,(H,23,26)/b10-7+. The highest BCUT2D eigenvalue weighted by Gasteiger charge is 2.50. The van der Waals surface area contributed by atoms with Gasteiger partial charge in [-0.25, -0.2) is 0 Å². The van der Waals surface area contributed by atoms with Gasteiger partial charge in [-0.15, -0.1) is 0 Å². The largest absolute Gasteiger partial charge is 0.351 e. The van der Waals surface area contributed by atoms with Crippen LogP contribution in [0.25, 0.3) is 6.08 Å². The maximum absolute atomic E-state index is 12.7. The van der Waals surface area contributed by atoms with Crippen LogP contribution in [0, 0.1) is 11.8 Å². The molecule has 5 heteroatoms. The highest BCUT2D eigenvalue weighted by atomic mass is 16.2. The second-order valence-corrected chi connectivity index (χ2v) is 8.63. The van der Waals surface area contributed by atoms with Crippen LogP contribution in [0.4, 0.5) is 0 Å². The van der Waals surface area contributed by atoms with E-state index in [1.54, 1.807) is 0 Å². The lowest BCUT2D eigenvalue weighted by Gasteiger charge is -2.34. The predicted molar refractivity (Wildman–Crippen MR) is 108 cm³/mol. The Morgan fingerprint density at radius 1 is 1.07 bits per heavy atom. The maximum atomic E-state index is 12.7. The summed E-state index contributed by atoms with van der Waals surface area (Å²) < 4.78 is 0. The van der Waals surface area contributed by atoms with Gasteiger partial charge in [0.1, 0.15) is 0 Å². The predicted octanol–water partition coefficient (Wildman–Crippen LogP) is 2.39. The quantitative estimate of drug-likeness (QED) is 0.867. The SMILES string of the molecule is CC(C)(C)NC(=O)C1CC1C(=O)N1CCN(C/C=C/c2ccccc2)CC1. The number of hydrogen-bond donors (Lipinski definition) is 1. The van der Waals surface area contributed by atoms with Crippen LogP contribution in [0.1, 0.15) is 32.8 Å². The second kappa shape index (κ2) is 8.26. The molecule has 1 N–H and O–H groups in total. The van der Waals surface area contributed by atoms with E-state index in [0.717, 1.165) is 32.7 Å². The molecule has 2 unspecified atom stereocenters. The fourth-order valence-corrected chi connectivity index (χ4v) is 3.51. The summed E-state index contributed by atoms with van der Waals surface area (Å²) in [5.74, 6) is -0.0745. The first kappa shape index (κ1) is 19.6. The van der Waals surface area contributed by atoms with Crippen molar-refractivity contribution in [1.29, 1.82) is 0 Å². The monoisotopic (exact) mass is 369 g/mol. The first-order valence-electron chi connectivity index (χ1n) is 9.88. The fraction of sp³-hybridized carbons (Fsp3) is 0.545. The zero-order chi connectivity index (χ0) is 19.4. The van der Waals surface area contributed by atoms with Gasteiger partial charge in [0.05, 0.1) is 11.8 Å². The first-order valence-corrected chi connectivity index (χ1v) is 9.88. The van der Waals surface area contributed by atoms with Gasteiger partial charge in [-0.05, 0) is 32.8 Å². The summed E-state index contributed by atoms with van der Waals surface area (Å²) in [6.45, 7) is 10.1. The third kappa shape index (κ3) is 5.67. The van der Waals surface area contributed by atoms with Crippen molar-refractivity contribution in [2.75, 3.05) is 32.7 Å². The Morgan fingerprint density at radius 2 is 1.74 bits per heavy atom. The number of rotatable bonds is 5. The minimum atomic E-state index is -0.244. The van der Waals surface area contributed by atoms with Crippen molar-refractivity contribution in [3.8, 4) is 0 Å². The normalized spacial score (nSPS) is 23.4. The first-order chi connectivity index (χ1) is 12.8. The number of carbonyl (C=O) groups is 2. The molecule has 0 spiro atoms. The Labute approximate surface area is 162 Å². The Morgan fingerprint density at radius 3 is 2.37 bits per heavy atom. The van der Waals surface area contributed by atoms with Crippen LogP contribution in [0.3, 0.4) is 0 Å². The number of piperazine rings is 1. The van der Waals surface area contributed by atoms with Gasteiger partial charge in [0.2, 0.25) is 11.8 Å². The molecule has 1 aromatic carbocycles. The van der Waals surface area contributed by atoms with Crippen molar-refractivity contribution in [2.24, 2.45) is 11.8 Å². The van der Waals surface area contributed by atoms with Crippen LogP contribution in [0.15, 0.2) is 36.4 Å². The molecule has 1 saturated carbocycles. The number of hydrogen-bond acceptors (Lipinski definition) is 3. The molecule has 2 aliphatic rings. The second-order valence-electron chi connectivity index (χ2n) is 8.63. The zero-order valence-corrected chi connectivity index (χ0v) is 16.6. The van der Waals surface area contributed by atoms with E-state index in [1.165, 1.54) is 5.56 Å². The molecule has 2 amide bonds. The van der Waals surface area contributed by atoms with Crippen molar-refractivity contribution < 1.29 is 9.59 Å². The lowest BCUT2D eigenvalue weighted by molar-refractivity contribution is -0.136. The van der Waals surface area contributed by atoms with Crippen molar-refractivity contribution >= 4 is 17.9 Å². The topological polar surface area (TPSA) is 52.7 Å². The number of benzene rings is 1. The molecule has 1 aromatic rings. The van der Waals surface area contributed by atoms with E-state index in [2.05, 4.69) is 34.5 Å². The molecule has 146 valence electrons. The number of carbonyl (C=O) groups excluding carboxylic acids is 2. The molecule has 3 rings (SSSR count). The molecule has 1 heterocycles. The van der Waals surface area contributed by atoms with Gasteiger partial charge in [0.25, 0.3) is 0 Å². The Bertz CT molecular complexity index is 685. The molecule has 0 radical (unpaired) electrons. The van der Waals surface area contributed by atoms with Crippen LogP contribution in [0.5, 0.6) is 0 Å². The van der Waals surface area contributed by atoms with Gasteiger partial charge in [0, 0.05) is 38.3 Å². The van der Waals surface area contributed by atoms with E-state index in [9.17, 15) is 9.59 Å². The molecule has 2 atom stereocenters. The molecule has 2 fully saturated rings. The Hall–Kier alpha value is -2.14. The summed E-state index contributed by atoms with van der Waals surface area (Å²) in [5, 5.41) is 2.99. The third-order valence-electron chi connectivity index (χ3n) is 5.10. The summed E-state index contributed by atoms with van der Waals surface area (Å²) in [5.41, 5.74) is 0.964. The van der Waals surface area contributed by atoms with Gasteiger partial charge < -0.3 is 10.2 Å². The summed E-state index contributed by atoms with van der Waals surface area (Å²) in [6, 6.07) is 10.3. The molecular weight excluding hydrogens is 338 g/mol. The van der Waals surface area contributed by atoms with Crippen molar-refractivity contribution in [2.45, 2.75) is 32.7 Å². The summed E-state index contributed by atoms with van der Waals surface area (Å²) in [6.07, 6.45) is 5.02. The molecule has 1 aliphatic carbocycles. The summed E-state index contributed by atoms with van der Waals surface area (Å²) in [7, 11) is 0. The molecule has 5 nitrogen and oxygen atoms in total. The average molecular weight is 370 g/mol. The Kier molecular flexibility index (Phi) is 6.00. The van der Waals surface area contributed by atoms with E-state index < -0.39 is 0 Å². The van der Waals surface area contributed by atoms with E-state index in [4.69, 9.17) is 0 Å². The van der Waals surface area contributed by atoms with Gasteiger partial charge in [-0.3, -0.25) is 14.5 Å². The van der Waals surface area contributed by atoms with Crippen LogP contribution >= 0.6 is 0 Å². The van der Waals surface area contributed by atoms with Gasteiger partial charge in [-0.1, -0.05) is 42.5 Å². The smallest absolute Gasteiger partial charge is 0.226 e. The minimum Gasteiger partial charge on any atom is -0.351 e. The maximum Gasteiger partial charge on any atom is 0.226 e.